The Labute approximate surface area is 178 Å². The van der Waals surface area contributed by atoms with Crippen molar-refractivity contribution in [2.45, 2.75) is 63.3 Å². The zero-order valence-corrected chi connectivity index (χ0v) is 17.9. The van der Waals surface area contributed by atoms with Gasteiger partial charge in [-0.3, -0.25) is 9.69 Å². The van der Waals surface area contributed by atoms with E-state index in [4.69, 9.17) is 4.74 Å². The second kappa shape index (κ2) is 7.23. The molecule has 5 heteroatoms. The molecule has 5 rings (SSSR count). The van der Waals surface area contributed by atoms with Gasteiger partial charge in [-0.25, -0.2) is 4.79 Å². The quantitative estimate of drug-likeness (QED) is 0.609. The number of esters is 1. The predicted molar refractivity (Wildman–Crippen MR) is 114 cm³/mol. The Balaban J connectivity index is 1.65. The van der Waals surface area contributed by atoms with Gasteiger partial charge < -0.3 is 9.84 Å². The average Bonchev–Trinajstić information content (AvgIpc) is 3.54. The molecule has 2 bridgehead atoms. The Hall–Kier alpha value is -2.14. The highest BCUT2D eigenvalue weighted by Gasteiger charge is 2.57. The van der Waals surface area contributed by atoms with Gasteiger partial charge in [0.15, 0.2) is 0 Å². The maximum Gasteiger partial charge on any atom is 0.330 e. The summed E-state index contributed by atoms with van der Waals surface area (Å²) >= 11 is 0. The van der Waals surface area contributed by atoms with Crippen LogP contribution in [0.25, 0.3) is 6.08 Å². The first kappa shape index (κ1) is 19.8. The molecule has 30 heavy (non-hydrogen) atoms. The van der Waals surface area contributed by atoms with Gasteiger partial charge in [0.2, 0.25) is 0 Å². The van der Waals surface area contributed by atoms with E-state index in [0.29, 0.717) is 36.3 Å². The fourth-order valence-electron chi connectivity index (χ4n) is 6.50. The topological polar surface area (TPSA) is 66.8 Å². The molecule has 1 N–H and O–H groups in total. The number of likely N-dealkylation sites (tertiary alicyclic amines) is 1. The molecule has 0 spiro atoms. The van der Waals surface area contributed by atoms with Crippen LogP contribution in [0, 0.1) is 18.8 Å². The molecule has 160 valence electrons. The lowest BCUT2D eigenvalue weighted by molar-refractivity contribution is -0.134. The molecule has 3 atom stereocenters. The van der Waals surface area contributed by atoms with E-state index in [1.54, 1.807) is 0 Å². The van der Waals surface area contributed by atoms with Crippen molar-refractivity contribution < 1.29 is 19.4 Å². The molecule has 1 saturated heterocycles. The molecule has 2 unspecified atom stereocenters. The van der Waals surface area contributed by atoms with E-state index in [9.17, 15) is 14.7 Å². The van der Waals surface area contributed by atoms with E-state index in [1.807, 2.05) is 19.1 Å². The highest BCUT2D eigenvalue weighted by atomic mass is 16.5. The number of nitrogens with zero attached hydrogens (tertiary/aromatic N) is 1. The summed E-state index contributed by atoms with van der Waals surface area (Å²) in [6.45, 7) is 4.08. The van der Waals surface area contributed by atoms with Crippen molar-refractivity contribution in [2.24, 2.45) is 11.8 Å². The van der Waals surface area contributed by atoms with Crippen molar-refractivity contribution in [3.63, 3.8) is 0 Å². The maximum absolute atomic E-state index is 12.7. The minimum absolute atomic E-state index is 0.266. The Bertz CT molecular complexity index is 932. The van der Waals surface area contributed by atoms with Crippen molar-refractivity contribution in [2.75, 3.05) is 20.2 Å². The van der Waals surface area contributed by atoms with E-state index < -0.39 is 0 Å². The van der Waals surface area contributed by atoms with E-state index in [1.165, 1.54) is 26.0 Å². The number of piperidine rings is 1. The van der Waals surface area contributed by atoms with Gasteiger partial charge in [0.1, 0.15) is 11.5 Å². The van der Waals surface area contributed by atoms with Crippen LogP contribution in [0.3, 0.4) is 0 Å². The summed E-state index contributed by atoms with van der Waals surface area (Å²) in [4.78, 5) is 27.1. The van der Waals surface area contributed by atoms with Gasteiger partial charge in [-0.1, -0.05) is 0 Å². The molecular formula is C25H31NO4. The number of aryl methyl sites for hydroxylation is 1. The van der Waals surface area contributed by atoms with Gasteiger partial charge in [-0.15, -0.1) is 0 Å². The number of methoxy groups -OCH3 is 1. The van der Waals surface area contributed by atoms with Crippen LogP contribution in [0.2, 0.25) is 0 Å². The summed E-state index contributed by atoms with van der Waals surface area (Å²) in [6, 6.07) is 2.38. The third-order valence-corrected chi connectivity index (χ3v) is 8.07. The van der Waals surface area contributed by atoms with Gasteiger partial charge in [-0.2, -0.15) is 0 Å². The van der Waals surface area contributed by atoms with Crippen molar-refractivity contribution in [3.8, 4) is 5.75 Å². The number of rotatable bonds is 4. The van der Waals surface area contributed by atoms with Gasteiger partial charge in [0.05, 0.1) is 7.11 Å². The Kier molecular flexibility index (Phi) is 4.77. The summed E-state index contributed by atoms with van der Waals surface area (Å²) in [5.41, 5.74) is 3.63. The van der Waals surface area contributed by atoms with Crippen LogP contribution in [0.1, 0.15) is 60.8 Å². The van der Waals surface area contributed by atoms with Gasteiger partial charge in [0, 0.05) is 42.5 Å². The number of Topliss-reactive ketones (excluding diaryl/α,β-unsaturated/α-hetero) is 1. The Morgan fingerprint density at radius 2 is 2.17 bits per heavy atom. The molecule has 0 aromatic heterocycles. The Morgan fingerprint density at radius 1 is 1.37 bits per heavy atom. The first-order valence-electron chi connectivity index (χ1n) is 11.3. The van der Waals surface area contributed by atoms with Crippen LogP contribution in [-0.4, -0.2) is 48.0 Å². The summed E-state index contributed by atoms with van der Waals surface area (Å²) < 4.78 is 4.78. The molecule has 1 aliphatic heterocycles. The molecule has 3 aliphatic carbocycles. The fraction of sp³-hybridized carbons (Fsp3) is 0.600. The number of hydrogen-bond acceptors (Lipinski definition) is 5. The number of aromatic hydroxyl groups is 1. The van der Waals surface area contributed by atoms with Crippen LogP contribution in [-0.2, 0) is 26.2 Å². The first-order valence-corrected chi connectivity index (χ1v) is 11.3. The summed E-state index contributed by atoms with van der Waals surface area (Å²) in [7, 11) is 1.38. The van der Waals surface area contributed by atoms with Crippen LogP contribution in [0.15, 0.2) is 12.1 Å². The van der Waals surface area contributed by atoms with Crippen molar-refractivity contribution >= 4 is 17.8 Å². The van der Waals surface area contributed by atoms with Crippen LogP contribution in [0.4, 0.5) is 0 Å². The number of ether oxygens (including phenoxy) is 1. The minimum Gasteiger partial charge on any atom is -0.507 e. The number of hydrogen-bond donors (Lipinski definition) is 1. The fourth-order valence-corrected chi connectivity index (χ4v) is 6.50. The second-order valence-electron chi connectivity index (χ2n) is 9.82. The van der Waals surface area contributed by atoms with E-state index in [-0.39, 0.29) is 11.4 Å². The lowest BCUT2D eigenvalue weighted by Crippen LogP contribution is -2.62. The van der Waals surface area contributed by atoms with Gasteiger partial charge >= 0.3 is 5.97 Å². The summed E-state index contributed by atoms with van der Waals surface area (Å²) in [5, 5.41) is 11.2. The molecule has 0 amide bonds. The molecule has 1 aromatic carbocycles. The number of benzene rings is 1. The molecule has 1 aromatic rings. The number of phenols is 1. The van der Waals surface area contributed by atoms with Gasteiger partial charge in [0.25, 0.3) is 0 Å². The molecule has 5 nitrogen and oxygen atoms in total. The summed E-state index contributed by atoms with van der Waals surface area (Å²) in [5.74, 6) is 1.54. The highest BCUT2D eigenvalue weighted by molar-refractivity contribution is 5.88. The third kappa shape index (κ3) is 3.09. The van der Waals surface area contributed by atoms with Crippen molar-refractivity contribution in [1.29, 1.82) is 0 Å². The van der Waals surface area contributed by atoms with Crippen LogP contribution < -0.4 is 0 Å². The highest BCUT2D eigenvalue weighted by Crippen LogP contribution is 2.58. The van der Waals surface area contributed by atoms with Crippen molar-refractivity contribution in [1.82, 2.24) is 4.90 Å². The molecule has 4 aliphatic rings. The maximum atomic E-state index is 12.7. The predicted octanol–water partition coefficient (Wildman–Crippen LogP) is 3.53. The zero-order valence-electron chi connectivity index (χ0n) is 17.9. The Morgan fingerprint density at radius 3 is 2.90 bits per heavy atom. The monoisotopic (exact) mass is 409 g/mol. The second-order valence-corrected chi connectivity index (χ2v) is 9.82. The average molecular weight is 410 g/mol. The lowest BCUT2D eigenvalue weighted by atomic mass is 9.51. The molecular weight excluding hydrogens is 378 g/mol. The molecule has 0 radical (unpaired) electrons. The standard InChI is InChI=1S/C25H31NO4/c1-15-11-17(5-8-22(28)30-2)19-12-21-20-7-6-18(27)13-25(20,23(19)24(15)29)9-10-26(21)14-16-3-4-16/h5,8,11,16,20-21,29H,3-4,6-7,9-10,12-14H2,1-2H3/b8-5+/t20?,21?,25-/m1/s1. The van der Waals surface area contributed by atoms with Crippen molar-refractivity contribution in [3.05, 3.63) is 34.4 Å². The van der Waals surface area contributed by atoms with E-state index in [2.05, 4.69) is 4.90 Å². The van der Waals surface area contributed by atoms with Crippen LogP contribution in [0.5, 0.6) is 5.75 Å². The minimum atomic E-state index is -0.385. The largest absolute Gasteiger partial charge is 0.507 e. The number of carbonyl (C=O) groups is 2. The van der Waals surface area contributed by atoms with Gasteiger partial charge in [-0.05, 0) is 86.2 Å². The van der Waals surface area contributed by atoms with E-state index in [0.717, 1.165) is 60.5 Å². The lowest BCUT2D eigenvalue weighted by Gasteiger charge is -2.59. The first-order chi connectivity index (χ1) is 14.4. The smallest absolute Gasteiger partial charge is 0.330 e. The number of phenolic OH excluding ortho intramolecular Hbond substituents is 1. The number of ketones is 1. The summed E-state index contributed by atoms with van der Waals surface area (Å²) in [6.07, 6.45) is 9.87. The van der Waals surface area contributed by atoms with E-state index >= 15 is 0 Å². The number of fused-ring (bicyclic) bond motifs is 1. The zero-order chi connectivity index (χ0) is 21.0. The molecule has 3 fully saturated rings. The SMILES string of the molecule is COC(=O)/C=C/c1cc(C)c(O)c2c1CC1C3CCC(=O)C[C@@]23CCN1CC1CC1. The number of carbonyl (C=O) groups excluding carboxylic acids is 2. The molecule has 1 heterocycles. The van der Waals surface area contributed by atoms with Crippen LogP contribution >= 0.6 is 0 Å². The normalized spacial score (nSPS) is 30.8. The molecule has 2 saturated carbocycles. The third-order valence-electron chi connectivity index (χ3n) is 8.07.